The van der Waals surface area contributed by atoms with E-state index in [4.69, 9.17) is 0 Å². The van der Waals surface area contributed by atoms with Crippen LogP contribution in [0.15, 0.2) is 24.5 Å². The maximum atomic E-state index is 12.1. The summed E-state index contributed by atoms with van der Waals surface area (Å²) in [6.45, 7) is 1.96. The van der Waals surface area contributed by atoms with Gasteiger partial charge in [0.25, 0.3) is 5.91 Å². The molecule has 0 aliphatic carbocycles. The minimum absolute atomic E-state index is 0.0191. The topological polar surface area (TPSA) is 80.5 Å². The Morgan fingerprint density at radius 2 is 2.30 bits per heavy atom. The van der Waals surface area contributed by atoms with Gasteiger partial charge in [-0.05, 0) is 31.0 Å². The van der Waals surface area contributed by atoms with Crippen LogP contribution in [0.1, 0.15) is 22.5 Å². The van der Waals surface area contributed by atoms with E-state index in [9.17, 15) is 13.2 Å². The number of pyridine rings is 1. The van der Waals surface area contributed by atoms with Gasteiger partial charge < -0.3 is 9.72 Å². The highest BCUT2D eigenvalue weighted by Crippen LogP contribution is 2.13. The molecule has 0 aromatic carbocycles. The summed E-state index contributed by atoms with van der Waals surface area (Å²) < 4.78 is 24.5. The molecule has 1 saturated heterocycles. The molecule has 0 bridgehead atoms. The van der Waals surface area contributed by atoms with E-state index in [1.807, 2.05) is 25.3 Å². The number of carbonyl (C=O) groups is 1. The maximum absolute atomic E-state index is 12.1. The first kappa shape index (κ1) is 13.1. The van der Waals surface area contributed by atoms with Crippen molar-refractivity contribution in [2.24, 2.45) is 0 Å². The van der Waals surface area contributed by atoms with Gasteiger partial charge in [-0.2, -0.15) is 0 Å². The third-order valence-corrected chi connectivity index (χ3v) is 5.18. The van der Waals surface area contributed by atoms with E-state index in [1.54, 1.807) is 10.6 Å². The van der Waals surface area contributed by atoms with Gasteiger partial charge in [0.2, 0.25) is 0 Å². The smallest absolute Gasteiger partial charge is 0.271 e. The summed E-state index contributed by atoms with van der Waals surface area (Å²) in [4.78, 5) is 16.3. The second kappa shape index (κ2) is 4.59. The lowest BCUT2D eigenvalue weighted by molar-refractivity contribution is 0.0936. The molecule has 1 atom stereocenters. The summed E-state index contributed by atoms with van der Waals surface area (Å²) in [5.41, 5.74) is 2.08. The largest absolute Gasteiger partial charge is 0.347 e. The van der Waals surface area contributed by atoms with Crippen LogP contribution in [0.3, 0.4) is 0 Å². The van der Waals surface area contributed by atoms with Gasteiger partial charge in [0.15, 0.2) is 9.84 Å². The van der Waals surface area contributed by atoms with Crippen LogP contribution in [0.5, 0.6) is 0 Å². The SMILES string of the molecule is Cc1ccn2cc(C(=O)NC3CCS(=O)(=O)C3)nc2c1. The normalized spacial score (nSPS) is 21.1. The van der Waals surface area contributed by atoms with Gasteiger partial charge in [0.05, 0.1) is 11.5 Å². The first-order valence-corrected chi connectivity index (χ1v) is 8.22. The number of nitrogens with zero attached hydrogens (tertiary/aromatic N) is 2. The van der Waals surface area contributed by atoms with Crippen molar-refractivity contribution in [2.45, 2.75) is 19.4 Å². The van der Waals surface area contributed by atoms with Crippen molar-refractivity contribution in [1.82, 2.24) is 14.7 Å². The molecule has 6 nitrogen and oxygen atoms in total. The second-order valence-corrected chi connectivity index (χ2v) is 7.40. The number of fused-ring (bicyclic) bond motifs is 1. The summed E-state index contributed by atoms with van der Waals surface area (Å²) in [5.74, 6) is -0.165. The number of imidazole rings is 1. The third kappa shape index (κ3) is 2.53. The number of sulfone groups is 1. The maximum Gasteiger partial charge on any atom is 0.271 e. The third-order valence-electron chi connectivity index (χ3n) is 3.42. The van der Waals surface area contributed by atoms with Crippen molar-refractivity contribution < 1.29 is 13.2 Å². The van der Waals surface area contributed by atoms with Crippen molar-refractivity contribution in [3.63, 3.8) is 0 Å². The van der Waals surface area contributed by atoms with Gasteiger partial charge in [-0.1, -0.05) is 0 Å². The quantitative estimate of drug-likeness (QED) is 0.877. The molecule has 1 N–H and O–H groups in total. The van der Waals surface area contributed by atoms with Gasteiger partial charge in [-0.3, -0.25) is 4.79 Å². The first-order chi connectivity index (χ1) is 9.43. The highest BCUT2D eigenvalue weighted by atomic mass is 32.2. The Labute approximate surface area is 116 Å². The van der Waals surface area contributed by atoms with Gasteiger partial charge >= 0.3 is 0 Å². The minimum atomic E-state index is -2.99. The van der Waals surface area contributed by atoms with Crippen LogP contribution in [-0.4, -0.2) is 41.3 Å². The number of aromatic nitrogens is 2. The van der Waals surface area contributed by atoms with E-state index in [1.165, 1.54) is 0 Å². The van der Waals surface area contributed by atoms with E-state index in [-0.39, 0.29) is 23.5 Å². The summed E-state index contributed by atoms with van der Waals surface area (Å²) in [5, 5.41) is 2.73. The molecule has 1 aliphatic rings. The second-order valence-electron chi connectivity index (χ2n) is 5.17. The van der Waals surface area contributed by atoms with Crippen LogP contribution in [0, 0.1) is 6.92 Å². The van der Waals surface area contributed by atoms with Crippen LogP contribution < -0.4 is 5.32 Å². The number of hydrogen-bond acceptors (Lipinski definition) is 4. The van der Waals surface area contributed by atoms with Crippen LogP contribution in [-0.2, 0) is 9.84 Å². The van der Waals surface area contributed by atoms with Crippen LogP contribution in [0.25, 0.3) is 5.65 Å². The van der Waals surface area contributed by atoms with E-state index in [0.717, 1.165) is 5.56 Å². The fraction of sp³-hybridized carbons (Fsp3) is 0.385. The zero-order chi connectivity index (χ0) is 14.3. The van der Waals surface area contributed by atoms with E-state index in [2.05, 4.69) is 10.3 Å². The van der Waals surface area contributed by atoms with Crippen molar-refractivity contribution in [2.75, 3.05) is 11.5 Å². The Morgan fingerprint density at radius 1 is 1.50 bits per heavy atom. The molecule has 0 spiro atoms. The molecular weight excluding hydrogens is 278 g/mol. The van der Waals surface area contributed by atoms with Crippen molar-refractivity contribution in [3.8, 4) is 0 Å². The number of amides is 1. The van der Waals surface area contributed by atoms with Crippen molar-refractivity contribution in [1.29, 1.82) is 0 Å². The Morgan fingerprint density at radius 3 is 3.00 bits per heavy atom. The molecular formula is C13H15N3O3S. The van der Waals surface area contributed by atoms with E-state index in [0.29, 0.717) is 17.8 Å². The molecule has 20 heavy (non-hydrogen) atoms. The van der Waals surface area contributed by atoms with Crippen molar-refractivity contribution >= 4 is 21.4 Å². The van der Waals surface area contributed by atoms with Gasteiger partial charge in [0.1, 0.15) is 11.3 Å². The molecule has 2 aromatic heterocycles. The zero-order valence-corrected chi connectivity index (χ0v) is 11.9. The molecule has 7 heteroatoms. The lowest BCUT2D eigenvalue weighted by atomic mass is 10.2. The lowest BCUT2D eigenvalue weighted by Gasteiger charge is -2.08. The molecule has 1 aliphatic heterocycles. The molecule has 3 heterocycles. The average Bonchev–Trinajstić information content (AvgIpc) is 2.92. The van der Waals surface area contributed by atoms with Crippen molar-refractivity contribution in [3.05, 3.63) is 35.8 Å². The molecule has 1 unspecified atom stereocenters. The molecule has 3 rings (SSSR count). The molecule has 1 fully saturated rings. The predicted molar refractivity (Wildman–Crippen MR) is 74.5 cm³/mol. The number of carbonyl (C=O) groups excluding carboxylic acids is 1. The van der Waals surface area contributed by atoms with E-state index < -0.39 is 9.84 Å². The first-order valence-electron chi connectivity index (χ1n) is 6.40. The Balaban J connectivity index is 1.79. The highest BCUT2D eigenvalue weighted by Gasteiger charge is 2.29. The molecule has 0 saturated carbocycles. The summed E-state index contributed by atoms with van der Waals surface area (Å²) >= 11 is 0. The average molecular weight is 293 g/mol. The fourth-order valence-corrected chi connectivity index (χ4v) is 4.03. The fourth-order valence-electron chi connectivity index (χ4n) is 2.36. The molecule has 106 valence electrons. The van der Waals surface area contributed by atoms with Crippen LogP contribution in [0.4, 0.5) is 0 Å². The van der Waals surface area contributed by atoms with Gasteiger partial charge in [-0.25, -0.2) is 13.4 Å². The molecule has 1 amide bonds. The summed E-state index contributed by atoms with van der Waals surface area (Å²) in [7, 11) is -2.99. The summed E-state index contributed by atoms with van der Waals surface area (Å²) in [6, 6.07) is 3.51. The minimum Gasteiger partial charge on any atom is -0.347 e. The number of nitrogens with one attached hydrogen (secondary N) is 1. The number of rotatable bonds is 2. The van der Waals surface area contributed by atoms with Crippen LogP contribution >= 0.6 is 0 Å². The number of aryl methyl sites for hydroxylation is 1. The lowest BCUT2D eigenvalue weighted by Crippen LogP contribution is -2.35. The highest BCUT2D eigenvalue weighted by molar-refractivity contribution is 7.91. The molecule has 2 aromatic rings. The van der Waals surface area contributed by atoms with E-state index >= 15 is 0 Å². The number of hydrogen-bond donors (Lipinski definition) is 1. The van der Waals surface area contributed by atoms with Gasteiger partial charge in [0, 0.05) is 18.4 Å². The Bertz CT molecular complexity index is 779. The predicted octanol–water partition coefficient (Wildman–Crippen LogP) is 0.560. The Hall–Kier alpha value is -1.89. The standard InChI is InChI=1S/C13H15N3O3S/c1-9-2-4-16-7-11(15-12(16)6-9)13(17)14-10-3-5-20(18,19)8-10/h2,4,6-7,10H,3,5,8H2,1H3,(H,14,17). The monoisotopic (exact) mass is 293 g/mol. The van der Waals surface area contributed by atoms with Gasteiger partial charge in [-0.15, -0.1) is 0 Å². The molecule has 0 radical (unpaired) electrons. The zero-order valence-electron chi connectivity index (χ0n) is 11.0. The van der Waals surface area contributed by atoms with Crippen LogP contribution in [0.2, 0.25) is 0 Å². The summed E-state index contributed by atoms with van der Waals surface area (Å²) in [6.07, 6.45) is 3.96. The Kier molecular flexibility index (Phi) is 3.01.